The molecule has 1 aliphatic rings. The van der Waals surface area contributed by atoms with Gasteiger partial charge in [-0.3, -0.25) is 8.98 Å². The molecule has 4 rings (SSSR count). The van der Waals surface area contributed by atoms with Crippen molar-refractivity contribution in [1.29, 1.82) is 0 Å². The molecule has 3 aromatic rings. The molecule has 1 heterocycles. The van der Waals surface area contributed by atoms with Crippen molar-refractivity contribution < 1.29 is 36.7 Å². The van der Waals surface area contributed by atoms with E-state index in [-0.39, 0.29) is 29.6 Å². The number of aryl methyl sites for hydroxylation is 1. The minimum atomic E-state index is -4.02. The summed E-state index contributed by atoms with van der Waals surface area (Å²) in [6, 6.07) is 20.0. The van der Waals surface area contributed by atoms with Gasteiger partial charge in [0, 0.05) is 17.5 Å². The van der Waals surface area contributed by atoms with Crippen molar-refractivity contribution in [2.24, 2.45) is 0 Å². The third kappa shape index (κ3) is 5.93. The molecule has 36 heavy (non-hydrogen) atoms. The number of carbonyl (C=O) groups is 1. The molecule has 0 saturated carbocycles. The van der Waals surface area contributed by atoms with Crippen LogP contribution in [0.3, 0.4) is 0 Å². The van der Waals surface area contributed by atoms with Crippen LogP contribution in [0.15, 0.2) is 77.7 Å². The zero-order chi connectivity index (χ0) is 25.7. The Morgan fingerprint density at radius 2 is 1.72 bits per heavy atom. The summed E-state index contributed by atoms with van der Waals surface area (Å²) >= 11 is 0. The topological polar surface area (TPSA) is 108 Å². The minimum absolute atomic E-state index is 0.0239. The number of methoxy groups -OCH3 is 1. The van der Waals surface area contributed by atoms with E-state index in [2.05, 4.69) is 0 Å². The highest BCUT2D eigenvalue weighted by molar-refractivity contribution is 7.86. The number of carbonyl (C=O) groups excluding carboxylic acids is 1. The lowest BCUT2D eigenvalue weighted by atomic mass is 10.0. The molecule has 8 nitrogen and oxygen atoms in total. The van der Waals surface area contributed by atoms with Crippen molar-refractivity contribution in [3.8, 4) is 11.5 Å². The summed E-state index contributed by atoms with van der Waals surface area (Å²) in [7, 11) is -2.54. The average Bonchev–Trinajstić information content (AvgIpc) is 2.89. The van der Waals surface area contributed by atoms with E-state index in [4.69, 9.17) is 18.4 Å². The van der Waals surface area contributed by atoms with Gasteiger partial charge in [-0.1, -0.05) is 48.0 Å². The lowest BCUT2D eigenvalue weighted by Gasteiger charge is -2.34. The zero-order valence-electron chi connectivity index (χ0n) is 20.0. The van der Waals surface area contributed by atoms with Gasteiger partial charge in [0.1, 0.15) is 18.3 Å². The SMILES string of the molecule is COc1ccc(C(=O)c2ccccc2)cc1O[C@@H]1CCO[C@H](COS(=O)(=O)c2ccc(C)cc2)[C@H]1O. The van der Waals surface area contributed by atoms with Crippen molar-refractivity contribution in [2.75, 3.05) is 20.3 Å². The predicted molar refractivity (Wildman–Crippen MR) is 132 cm³/mol. The van der Waals surface area contributed by atoms with Gasteiger partial charge in [0.25, 0.3) is 10.1 Å². The van der Waals surface area contributed by atoms with Crippen LogP contribution in [0.5, 0.6) is 11.5 Å². The van der Waals surface area contributed by atoms with Crippen molar-refractivity contribution in [1.82, 2.24) is 0 Å². The predicted octanol–water partition coefficient (Wildman–Crippen LogP) is 3.54. The second kappa shape index (κ2) is 11.2. The lowest BCUT2D eigenvalue weighted by Crippen LogP contribution is -2.49. The van der Waals surface area contributed by atoms with Crippen LogP contribution in [0.2, 0.25) is 0 Å². The van der Waals surface area contributed by atoms with Crippen LogP contribution in [-0.2, 0) is 19.0 Å². The summed E-state index contributed by atoms with van der Waals surface area (Å²) in [4.78, 5) is 12.9. The number of hydrogen-bond acceptors (Lipinski definition) is 8. The van der Waals surface area contributed by atoms with Gasteiger partial charge in [-0.05, 0) is 37.3 Å². The minimum Gasteiger partial charge on any atom is -0.493 e. The van der Waals surface area contributed by atoms with E-state index < -0.39 is 28.4 Å². The molecule has 1 fully saturated rings. The second-order valence-electron chi connectivity index (χ2n) is 8.46. The van der Waals surface area contributed by atoms with Crippen LogP contribution in [0, 0.1) is 6.92 Å². The zero-order valence-corrected chi connectivity index (χ0v) is 20.8. The van der Waals surface area contributed by atoms with Gasteiger partial charge in [-0.2, -0.15) is 8.42 Å². The Labute approximate surface area is 210 Å². The van der Waals surface area contributed by atoms with Gasteiger partial charge >= 0.3 is 0 Å². The monoisotopic (exact) mass is 512 g/mol. The largest absolute Gasteiger partial charge is 0.493 e. The third-order valence-electron chi connectivity index (χ3n) is 5.93. The number of ether oxygens (including phenoxy) is 3. The number of benzene rings is 3. The first-order valence-corrected chi connectivity index (χ1v) is 12.9. The molecule has 0 radical (unpaired) electrons. The molecule has 0 amide bonds. The molecule has 0 aromatic heterocycles. The molecule has 3 atom stereocenters. The standard InChI is InChI=1S/C27H28O8S/c1-18-8-11-21(12-9-18)36(30,31)34-17-25-27(29)23(14-15-33-25)35-24-16-20(10-13-22(24)32-2)26(28)19-6-4-3-5-7-19/h3-13,16,23,25,27,29H,14-15,17H2,1-2H3/t23-,25-,27+/m1/s1. The fourth-order valence-corrected chi connectivity index (χ4v) is 4.80. The van der Waals surface area contributed by atoms with E-state index in [1.807, 2.05) is 13.0 Å². The maximum atomic E-state index is 12.9. The Morgan fingerprint density at radius 1 is 1.00 bits per heavy atom. The molecule has 9 heteroatoms. The summed E-state index contributed by atoms with van der Waals surface area (Å²) in [5.74, 6) is 0.508. The molecule has 1 N–H and O–H groups in total. The van der Waals surface area contributed by atoms with E-state index in [9.17, 15) is 18.3 Å². The summed E-state index contributed by atoms with van der Waals surface area (Å²) < 4.78 is 47.3. The highest BCUT2D eigenvalue weighted by Gasteiger charge is 2.36. The number of hydrogen-bond donors (Lipinski definition) is 1. The molecule has 0 aliphatic carbocycles. The fourth-order valence-electron chi connectivity index (χ4n) is 3.88. The van der Waals surface area contributed by atoms with E-state index >= 15 is 0 Å². The Kier molecular flexibility index (Phi) is 8.05. The van der Waals surface area contributed by atoms with Gasteiger partial charge in [-0.15, -0.1) is 0 Å². The third-order valence-corrected chi connectivity index (χ3v) is 7.23. The van der Waals surface area contributed by atoms with E-state index in [0.717, 1.165) is 5.56 Å². The van der Waals surface area contributed by atoms with E-state index in [0.29, 0.717) is 23.3 Å². The molecule has 0 spiro atoms. The van der Waals surface area contributed by atoms with E-state index in [1.54, 1.807) is 54.6 Å². The van der Waals surface area contributed by atoms with Gasteiger partial charge in [0.2, 0.25) is 0 Å². The van der Waals surface area contributed by atoms with Gasteiger partial charge in [0.05, 0.1) is 25.2 Å². The lowest BCUT2D eigenvalue weighted by molar-refractivity contribution is -0.137. The molecular weight excluding hydrogens is 484 g/mol. The summed E-state index contributed by atoms with van der Waals surface area (Å²) in [5, 5.41) is 10.9. The van der Waals surface area contributed by atoms with Crippen molar-refractivity contribution in [3.05, 3.63) is 89.5 Å². The molecule has 1 aliphatic heterocycles. The maximum absolute atomic E-state index is 12.9. The normalized spacial score (nSPS) is 20.0. The molecule has 1 saturated heterocycles. The van der Waals surface area contributed by atoms with Crippen LogP contribution < -0.4 is 9.47 Å². The Hall–Kier alpha value is -3.24. The molecule has 190 valence electrons. The number of ketones is 1. The first-order chi connectivity index (χ1) is 17.3. The van der Waals surface area contributed by atoms with Crippen LogP contribution in [0.4, 0.5) is 0 Å². The highest BCUT2D eigenvalue weighted by Crippen LogP contribution is 2.32. The summed E-state index contributed by atoms with van der Waals surface area (Å²) in [6.07, 6.45) is -2.48. The Morgan fingerprint density at radius 3 is 2.42 bits per heavy atom. The molecule has 3 aromatic carbocycles. The van der Waals surface area contributed by atoms with Crippen molar-refractivity contribution in [2.45, 2.75) is 36.6 Å². The second-order valence-corrected chi connectivity index (χ2v) is 10.1. The summed E-state index contributed by atoms with van der Waals surface area (Å²) in [5.41, 5.74) is 1.86. The number of aliphatic hydroxyl groups excluding tert-OH is 1. The molecular formula is C27H28O8S. The number of rotatable bonds is 9. The van der Waals surface area contributed by atoms with E-state index in [1.165, 1.54) is 19.2 Å². The van der Waals surface area contributed by atoms with Crippen molar-refractivity contribution in [3.63, 3.8) is 0 Å². The van der Waals surface area contributed by atoms with Crippen LogP contribution in [0.1, 0.15) is 27.9 Å². The highest BCUT2D eigenvalue weighted by atomic mass is 32.2. The number of aliphatic hydroxyl groups is 1. The van der Waals surface area contributed by atoms with Crippen molar-refractivity contribution >= 4 is 15.9 Å². The molecule has 0 unspecified atom stereocenters. The maximum Gasteiger partial charge on any atom is 0.297 e. The first-order valence-electron chi connectivity index (χ1n) is 11.5. The average molecular weight is 513 g/mol. The fraction of sp³-hybridized carbons (Fsp3) is 0.296. The quantitative estimate of drug-likeness (QED) is 0.343. The van der Waals surface area contributed by atoms with Gasteiger partial charge in [-0.25, -0.2) is 0 Å². The van der Waals surface area contributed by atoms with Crippen LogP contribution >= 0.6 is 0 Å². The smallest absolute Gasteiger partial charge is 0.297 e. The van der Waals surface area contributed by atoms with Gasteiger partial charge in [0.15, 0.2) is 17.3 Å². The van der Waals surface area contributed by atoms with Crippen LogP contribution in [-0.4, -0.2) is 57.9 Å². The first kappa shape index (κ1) is 25.8. The summed E-state index contributed by atoms with van der Waals surface area (Å²) in [6.45, 7) is 1.71. The van der Waals surface area contributed by atoms with Gasteiger partial charge < -0.3 is 19.3 Å². The Bertz CT molecular complexity index is 1290. The molecule has 0 bridgehead atoms. The van der Waals surface area contributed by atoms with Crippen LogP contribution in [0.25, 0.3) is 0 Å². The Balaban J connectivity index is 1.46.